The summed E-state index contributed by atoms with van der Waals surface area (Å²) in [5.41, 5.74) is 1.01. The molecular weight excluding hydrogens is 364 g/mol. The number of fused-ring (bicyclic) bond motifs is 1. The topological polar surface area (TPSA) is 93.0 Å². The fraction of sp³-hybridized carbons (Fsp3) is 0.263. The minimum Gasteiger partial charge on any atom is -0.497 e. The zero-order chi connectivity index (χ0) is 19.8. The SMILES string of the molecule is COc1cccc(N2N=N[C@H]3C(=O)N(c4ccc(OC)c(OC)c4)C(=O)[C@H]32)c1. The van der Waals surface area contributed by atoms with Crippen molar-refractivity contribution in [1.82, 2.24) is 0 Å². The van der Waals surface area contributed by atoms with Gasteiger partial charge in [-0.2, -0.15) is 5.11 Å². The first-order valence-electron chi connectivity index (χ1n) is 8.53. The zero-order valence-corrected chi connectivity index (χ0v) is 15.5. The number of anilines is 2. The first-order valence-corrected chi connectivity index (χ1v) is 8.53. The molecule has 9 nitrogen and oxygen atoms in total. The Hall–Kier alpha value is -3.62. The van der Waals surface area contributed by atoms with Crippen LogP contribution >= 0.6 is 0 Å². The Morgan fingerprint density at radius 2 is 1.64 bits per heavy atom. The van der Waals surface area contributed by atoms with Crippen LogP contribution < -0.4 is 24.1 Å². The number of nitrogens with zero attached hydrogens (tertiary/aromatic N) is 4. The van der Waals surface area contributed by atoms with Gasteiger partial charge in [0.25, 0.3) is 11.8 Å². The number of benzene rings is 2. The van der Waals surface area contributed by atoms with Crippen molar-refractivity contribution in [2.75, 3.05) is 31.2 Å². The third-order valence-electron chi connectivity index (χ3n) is 4.72. The zero-order valence-electron chi connectivity index (χ0n) is 15.5. The molecule has 28 heavy (non-hydrogen) atoms. The van der Waals surface area contributed by atoms with Crippen molar-refractivity contribution in [2.24, 2.45) is 10.3 Å². The molecule has 0 aromatic heterocycles. The van der Waals surface area contributed by atoms with Gasteiger partial charge in [0, 0.05) is 12.1 Å². The Bertz CT molecular complexity index is 977. The molecule has 0 spiro atoms. The molecule has 9 heteroatoms. The molecule has 2 aliphatic rings. The van der Waals surface area contributed by atoms with Gasteiger partial charge in [0.1, 0.15) is 5.75 Å². The number of methoxy groups -OCH3 is 3. The molecule has 2 atom stereocenters. The van der Waals surface area contributed by atoms with Gasteiger partial charge < -0.3 is 14.2 Å². The van der Waals surface area contributed by atoms with E-state index in [4.69, 9.17) is 14.2 Å². The van der Waals surface area contributed by atoms with Gasteiger partial charge >= 0.3 is 0 Å². The molecule has 2 aromatic carbocycles. The summed E-state index contributed by atoms with van der Waals surface area (Å²) in [6.45, 7) is 0. The van der Waals surface area contributed by atoms with Crippen LogP contribution in [0.3, 0.4) is 0 Å². The van der Waals surface area contributed by atoms with Gasteiger partial charge in [0.2, 0.25) is 0 Å². The van der Waals surface area contributed by atoms with Crippen molar-refractivity contribution in [3.05, 3.63) is 42.5 Å². The third-order valence-corrected chi connectivity index (χ3v) is 4.72. The van der Waals surface area contributed by atoms with Crippen LogP contribution in [0.25, 0.3) is 0 Å². The lowest BCUT2D eigenvalue weighted by Gasteiger charge is -2.21. The van der Waals surface area contributed by atoms with Crippen LogP contribution in [-0.2, 0) is 9.59 Å². The van der Waals surface area contributed by atoms with Crippen LogP contribution in [0.5, 0.6) is 17.2 Å². The van der Waals surface area contributed by atoms with Crippen LogP contribution in [-0.4, -0.2) is 45.2 Å². The average Bonchev–Trinajstić information content (AvgIpc) is 3.28. The fourth-order valence-electron chi connectivity index (χ4n) is 3.34. The number of carbonyl (C=O) groups excluding carboxylic acids is 2. The highest BCUT2D eigenvalue weighted by Crippen LogP contribution is 2.38. The van der Waals surface area contributed by atoms with Crippen molar-refractivity contribution < 1.29 is 23.8 Å². The monoisotopic (exact) mass is 382 g/mol. The number of amides is 2. The Morgan fingerprint density at radius 1 is 0.857 bits per heavy atom. The normalized spacial score (nSPS) is 20.5. The summed E-state index contributed by atoms with van der Waals surface area (Å²) < 4.78 is 15.7. The quantitative estimate of drug-likeness (QED) is 0.736. The number of hydrogen-bond acceptors (Lipinski definition) is 8. The molecule has 0 N–H and O–H groups in total. The molecule has 4 rings (SSSR count). The second-order valence-electron chi connectivity index (χ2n) is 6.19. The number of carbonyl (C=O) groups is 2. The van der Waals surface area contributed by atoms with E-state index in [1.54, 1.807) is 49.6 Å². The van der Waals surface area contributed by atoms with E-state index >= 15 is 0 Å². The first-order chi connectivity index (χ1) is 13.6. The van der Waals surface area contributed by atoms with Crippen molar-refractivity contribution in [2.45, 2.75) is 12.1 Å². The summed E-state index contributed by atoms with van der Waals surface area (Å²) in [5, 5.41) is 9.53. The molecule has 2 aliphatic heterocycles. The van der Waals surface area contributed by atoms with E-state index in [0.29, 0.717) is 28.6 Å². The van der Waals surface area contributed by atoms with Crippen molar-refractivity contribution in [3.63, 3.8) is 0 Å². The van der Waals surface area contributed by atoms with Crippen LogP contribution in [0.1, 0.15) is 0 Å². The molecule has 2 heterocycles. The van der Waals surface area contributed by atoms with E-state index in [1.165, 1.54) is 19.2 Å². The molecule has 1 saturated heterocycles. The summed E-state index contributed by atoms with van der Waals surface area (Å²) in [6.07, 6.45) is 0. The molecule has 144 valence electrons. The van der Waals surface area contributed by atoms with E-state index in [1.807, 2.05) is 0 Å². The van der Waals surface area contributed by atoms with Gasteiger partial charge in [0.15, 0.2) is 23.6 Å². The second-order valence-corrected chi connectivity index (χ2v) is 6.19. The predicted molar refractivity (Wildman–Crippen MR) is 99.9 cm³/mol. The Labute approximate surface area is 161 Å². The van der Waals surface area contributed by atoms with Gasteiger partial charge in [-0.15, -0.1) is 0 Å². The fourth-order valence-corrected chi connectivity index (χ4v) is 3.34. The lowest BCUT2D eigenvalue weighted by molar-refractivity contribution is -0.121. The number of imide groups is 1. The summed E-state index contributed by atoms with van der Waals surface area (Å²) in [5.74, 6) is 0.697. The average molecular weight is 382 g/mol. The standard InChI is InChI=1S/C19H18N4O5/c1-26-13-6-4-5-12(9-13)23-17-16(20-21-23)18(24)22(19(17)25)11-7-8-14(27-2)15(10-11)28-3/h4-10,16-17H,1-3H3/t16-,17+/m1/s1. The summed E-state index contributed by atoms with van der Waals surface area (Å²) in [6, 6.07) is 10.2. The first kappa shape index (κ1) is 17.8. The number of ether oxygens (including phenoxy) is 3. The minimum absolute atomic E-state index is 0.392. The molecule has 0 unspecified atom stereocenters. The molecule has 1 fully saturated rings. The highest BCUT2D eigenvalue weighted by molar-refractivity contribution is 6.26. The molecule has 0 bridgehead atoms. The Kier molecular flexibility index (Phi) is 4.34. The molecule has 0 aliphatic carbocycles. The predicted octanol–water partition coefficient (Wildman–Crippen LogP) is 2.21. The summed E-state index contributed by atoms with van der Waals surface area (Å²) in [7, 11) is 4.56. The van der Waals surface area contributed by atoms with Crippen LogP contribution in [0, 0.1) is 0 Å². The maximum atomic E-state index is 13.1. The lowest BCUT2D eigenvalue weighted by Crippen LogP contribution is -2.39. The van der Waals surface area contributed by atoms with E-state index in [-0.39, 0.29) is 0 Å². The Morgan fingerprint density at radius 3 is 2.36 bits per heavy atom. The maximum absolute atomic E-state index is 13.1. The lowest BCUT2D eigenvalue weighted by atomic mass is 10.1. The van der Waals surface area contributed by atoms with E-state index in [9.17, 15) is 9.59 Å². The Balaban J connectivity index is 1.68. The molecular formula is C19H18N4O5. The van der Waals surface area contributed by atoms with Crippen LogP contribution in [0.4, 0.5) is 11.4 Å². The number of rotatable bonds is 5. The van der Waals surface area contributed by atoms with Crippen LogP contribution in [0.2, 0.25) is 0 Å². The third kappa shape index (κ3) is 2.63. The van der Waals surface area contributed by atoms with E-state index in [0.717, 1.165) is 4.90 Å². The van der Waals surface area contributed by atoms with Crippen LogP contribution in [0.15, 0.2) is 52.8 Å². The van der Waals surface area contributed by atoms with Crippen molar-refractivity contribution >= 4 is 23.2 Å². The van der Waals surface area contributed by atoms with Gasteiger partial charge in [0.05, 0.1) is 32.7 Å². The molecule has 2 aromatic rings. The van der Waals surface area contributed by atoms with E-state index < -0.39 is 23.9 Å². The summed E-state index contributed by atoms with van der Waals surface area (Å²) >= 11 is 0. The second kappa shape index (κ2) is 6.84. The number of hydrogen-bond donors (Lipinski definition) is 0. The molecule has 0 saturated carbocycles. The van der Waals surface area contributed by atoms with Crippen molar-refractivity contribution in [3.8, 4) is 17.2 Å². The maximum Gasteiger partial charge on any atom is 0.263 e. The van der Waals surface area contributed by atoms with Gasteiger partial charge in [-0.05, 0) is 24.3 Å². The van der Waals surface area contributed by atoms with Gasteiger partial charge in [-0.3, -0.25) is 9.59 Å². The highest BCUT2D eigenvalue weighted by atomic mass is 16.5. The molecule has 0 radical (unpaired) electrons. The molecule has 2 amide bonds. The smallest absolute Gasteiger partial charge is 0.263 e. The van der Waals surface area contributed by atoms with E-state index in [2.05, 4.69) is 10.3 Å². The largest absolute Gasteiger partial charge is 0.497 e. The summed E-state index contributed by atoms with van der Waals surface area (Å²) in [4.78, 5) is 27.1. The minimum atomic E-state index is -0.896. The van der Waals surface area contributed by atoms with Gasteiger partial charge in [-0.1, -0.05) is 11.3 Å². The highest BCUT2D eigenvalue weighted by Gasteiger charge is 2.55. The van der Waals surface area contributed by atoms with Crippen molar-refractivity contribution in [1.29, 1.82) is 0 Å². The van der Waals surface area contributed by atoms with Gasteiger partial charge in [-0.25, -0.2) is 9.91 Å².